The fraction of sp³-hybridized carbons (Fsp3) is 0.0500. The molecule has 0 amide bonds. The van der Waals surface area contributed by atoms with Gasteiger partial charge in [-0.3, -0.25) is 10.1 Å². The zero-order chi connectivity index (χ0) is 17.9. The second-order valence-electron chi connectivity index (χ2n) is 5.78. The minimum Gasteiger partial charge on any atom is -0.407 e. The van der Waals surface area contributed by atoms with Gasteiger partial charge in [0.05, 0.1) is 10.4 Å². The Labute approximate surface area is 149 Å². The van der Waals surface area contributed by atoms with Crippen molar-refractivity contribution in [3.05, 3.63) is 94.5 Å². The van der Waals surface area contributed by atoms with Crippen LogP contribution in [0.15, 0.2) is 78.9 Å². The van der Waals surface area contributed by atoms with Crippen LogP contribution in [0.2, 0.25) is 0 Å². The third-order valence-corrected chi connectivity index (χ3v) is 4.04. The molecule has 0 N–H and O–H groups in total. The van der Waals surface area contributed by atoms with Gasteiger partial charge in [0.15, 0.2) is 5.82 Å². The molecule has 1 heterocycles. The summed E-state index contributed by atoms with van der Waals surface area (Å²) in [4.78, 5) is 21.3. The summed E-state index contributed by atoms with van der Waals surface area (Å²) in [7, 11) is 0. The van der Waals surface area contributed by atoms with Crippen LogP contribution in [0.5, 0.6) is 0 Å². The molecule has 1 aromatic heterocycles. The van der Waals surface area contributed by atoms with Crippen molar-refractivity contribution in [2.75, 3.05) is 0 Å². The Morgan fingerprint density at radius 1 is 0.962 bits per heavy atom. The lowest BCUT2D eigenvalue weighted by Gasteiger charge is -2.11. The number of nitro groups is 1. The lowest BCUT2D eigenvalue weighted by molar-refractivity contribution is -0.384. The Balaban J connectivity index is 1.82. The van der Waals surface area contributed by atoms with E-state index in [1.807, 2.05) is 60.7 Å². The first-order chi connectivity index (χ1) is 12.7. The molecular weight excluding hydrogens is 330 g/mol. The van der Waals surface area contributed by atoms with Gasteiger partial charge in [0, 0.05) is 17.7 Å². The van der Waals surface area contributed by atoms with Crippen molar-refractivity contribution in [1.29, 1.82) is 0 Å². The highest BCUT2D eigenvalue weighted by Crippen LogP contribution is 2.27. The third kappa shape index (κ3) is 3.00. The van der Waals surface area contributed by atoms with Crippen LogP contribution in [0.4, 0.5) is 5.69 Å². The van der Waals surface area contributed by atoms with Gasteiger partial charge in [0.2, 0.25) is 0 Å². The number of nitrogens with zero attached hydrogens (tertiary/aromatic N) is 3. The quantitative estimate of drug-likeness (QED) is 0.401. The maximum absolute atomic E-state index is 11.1. The summed E-state index contributed by atoms with van der Waals surface area (Å²) in [5.41, 5.74) is 3.08. The van der Waals surface area contributed by atoms with E-state index in [0.717, 1.165) is 11.1 Å². The molecule has 0 aliphatic heterocycles. The average molecular weight is 345 g/mol. The second-order valence-corrected chi connectivity index (χ2v) is 5.78. The first kappa shape index (κ1) is 15.8. The highest BCUT2D eigenvalue weighted by Gasteiger charge is 2.17. The summed E-state index contributed by atoms with van der Waals surface area (Å²) in [6, 6.07) is 23.9. The van der Waals surface area contributed by atoms with E-state index in [0.29, 0.717) is 23.5 Å². The van der Waals surface area contributed by atoms with Gasteiger partial charge in [-0.15, -0.1) is 0 Å². The van der Waals surface area contributed by atoms with E-state index < -0.39 is 4.92 Å². The number of aromatic nitrogens is 2. The van der Waals surface area contributed by atoms with Crippen LogP contribution < -0.4 is 4.84 Å². The Hall–Kier alpha value is -3.67. The number of hydrogen-bond acceptors (Lipinski definition) is 4. The molecule has 3 aromatic carbocycles. The van der Waals surface area contributed by atoms with Crippen LogP contribution in [0.3, 0.4) is 0 Å². The molecule has 0 aliphatic rings. The van der Waals surface area contributed by atoms with Crippen LogP contribution in [0.25, 0.3) is 22.4 Å². The molecule has 0 saturated carbocycles. The SMILES string of the molecule is O=[N+]([O-])c1ccc2nc(-c3ccccc3)n(OCc3ccccc3)c2c1. The largest absolute Gasteiger partial charge is 0.407 e. The number of nitro benzene ring substituents is 1. The van der Waals surface area contributed by atoms with E-state index in [2.05, 4.69) is 4.98 Å². The van der Waals surface area contributed by atoms with E-state index >= 15 is 0 Å². The number of rotatable bonds is 5. The van der Waals surface area contributed by atoms with Crippen molar-refractivity contribution in [3.63, 3.8) is 0 Å². The van der Waals surface area contributed by atoms with E-state index in [-0.39, 0.29) is 5.69 Å². The highest BCUT2D eigenvalue weighted by molar-refractivity contribution is 5.82. The van der Waals surface area contributed by atoms with Gasteiger partial charge in [-0.2, -0.15) is 4.73 Å². The predicted octanol–water partition coefficient (Wildman–Crippen LogP) is 4.24. The van der Waals surface area contributed by atoms with Crippen LogP contribution in [-0.2, 0) is 6.61 Å². The molecule has 4 aromatic rings. The van der Waals surface area contributed by atoms with Gasteiger partial charge >= 0.3 is 0 Å². The molecule has 26 heavy (non-hydrogen) atoms. The van der Waals surface area contributed by atoms with Gasteiger partial charge in [0.1, 0.15) is 12.1 Å². The van der Waals surface area contributed by atoms with Gasteiger partial charge in [0.25, 0.3) is 5.69 Å². The zero-order valence-electron chi connectivity index (χ0n) is 13.8. The Morgan fingerprint density at radius 3 is 2.35 bits per heavy atom. The number of fused-ring (bicyclic) bond motifs is 1. The molecule has 0 unspecified atom stereocenters. The van der Waals surface area contributed by atoms with E-state index in [4.69, 9.17) is 4.84 Å². The maximum atomic E-state index is 11.1. The first-order valence-electron chi connectivity index (χ1n) is 8.12. The van der Waals surface area contributed by atoms with E-state index in [1.165, 1.54) is 12.1 Å². The summed E-state index contributed by atoms with van der Waals surface area (Å²) in [6.07, 6.45) is 0. The third-order valence-electron chi connectivity index (χ3n) is 4.04. The lowest BCUT2D eigenvalue weighted by Crippen LogP contribution is -2.12. The van der Waals surface area contributed by atoms with Gasteiger partial charge in [-0.25, -0.2) is 4.98 Å². The van der Waals surface area contributed by atoms with Crippen molar-refractivity contribution < 1.29 is 9.76 Å². The Kier molecular flexibility index (Phi) is 4.07. The van der Waals surface area contributed by atoms with E-state index in [9.17, 15) is 10.1 Å². The minimum atomic E-state index is -0.420. The molecule has 0 fully saturated rings. The normalized spacial score (nSPS) is 10.8. The molecule has 0 atom stereocenters. The number of non-ortho nitro benzene ring substituents is 1. The van der Waals surface area contributed by atoms with Crippen LogP contribution in [-0.4, -0.2) is 14.6 Å². The monoisotopic (exact) mass is 345 g/mol. The van der Waals surface area contributed by atoms with Crippen molar-refractivity contribution in [3.8, 4) is 11.4 Å². The predicted molar refractivity (Wildman–Crippen MR) is 98.5 cm³/mol. The topological polar surface area (TPSA) is 70.2 Å². The summed E-state index contributed by atoms with van der Waals surface area (Å²) in [6.45, 7) is 0.328. The molecule has 4 rings (SSSR count). The van der Waals surface area contributed by atoms with E-state index in [1.54, 1.807) is 10.8 Å². The van der Waals surface area contributed by atoms with Crippen LogP contribution in [0.1, 0.15) is 5.56 Å². The zero-order valence-corrected chi connectivity index (χ0v) is 13.8. The van der Waals surface area contributed by atoms with Crippen LogP contribution in [0, 0.1) is 10.1 Å². The first-order valence-corrected chi connectivity index (χ1v) is 8.12. The summed E-state index contributed by atoms with van der Waals surface area (Å²) >= 11 is 0. The van der Waals surface area contributed by atoms with Gasteiger partial charge in [-0.05, 0) is 11.6 Å². The summed E-state index contributed by atoms with van der Waals surface area (Å²) in [5, 5.41) is 11.1. The molecule has 6 nitrogen and oxygen atoms in total. The average Bonchev–Trinajstić information content (AvgIpc) is 3.05. The van der Waals surface area contributed by atoms with Crippen molar-refractivity contribution in [1.82, 2.24) is 9.71 Å². The van der Waals surface area contributed by atoms with Crippen LogP contribution >= 0.6 is 0 Å². The lowest BCUT2D eigenvalue weighted by atomic mass is 10.2. The highest BCUT2D eigenvalue weighted by atomic mass is 16.7. The number of hydrogen-bond donors (Lipinski definition) is 0. The van der Waals surface area contributed by atoms with Crippen molar-refractivity contribution in [2.24, 2.45) is 0 Å². The molecular formula is C20H15N3O3. The molecule has 0 aliphatic carbocycles. The fourth-order valence-electron chi connectivity index (χ4n) is 2.77. The van der Waals surface area contributed by atoms with Gasteiger partial charge < -0.3 is 4.84 Å². The molecule has 128 valence electrons. The summed E-state index contributed by atoms with van der Waals surface area (Å²) in [5.74, 6) is 0.608. The van der Waals surface area contributed by atoms with Crippen molar-refractivity contribution in [2.45, 2.75) is 6.61 Å². The summed E-state index contributed by atoms with van der Waals surface area (Å²) < 4.78 is 1.57. The minimum absolute atomic E-state index is 0.00146. The standard InChI is InChI=1S/C20H15N3O3/c24-23(25)17-11-12-18-19(13-17)22(26-14-15-7-3-1-4-8-15)20(21-18)16-9-5-2-6-10-16/h1-13H,14H2. The smallest absolute Gasteiger partial charge is 0.271 e. The molecule has 0 spiro atoms. The molecule has 0 radical (unpaired) electrons. The number of imidazole rings is 1. The second kappa shape index (κ2) is 6.68. The molecule has 6 heteroatoms. The van der Waals surface area contributed by atoms with Crippen molar-refractivity contribution >= 4 is 16.7 Å². The number of benzene rings is 3. The maximum Gasteiger partial charge on any atom is 0.271 e. The Morgan fingerprint density at radius 2 is 1.65 bits per heavy atom. The molecule has 0 bridgehead atoms. The molecule has 0 saturated heterocycles. The fourth-order valence-corrected chi connectivity index (χ4v) is 2.77. The van der Waals surface area contributed by atoms with Gasteiger partial charge in [-0.1, -0.05) is 60.7 Å². The Bertz CT molecular complexity index is 1060.